The molecule has 0 aromatic heterocycles. The third-order valence-electron chi connectivity index (χ3n) is 2.02. The number of halogens is 2. The van der Waals surface area contributed by atoms with Gasteiger partial charge < -0.3 is 5.11 Å². The fourth-order valence-electron chi connectivity index (χ4n) is 1.26. The largest absolute Gasteiger partial charge is 0.481 e. The molecular formula is C11H10BrClO3. The Bertz CT molecular complexity index is 429. The molecule has 0 saturated heterocycles. The zero-order valence-corrected chi connectivity index (χ0v) is 10.9. The number of benzene rings is 1. The molecule has 86 valence electrons. The zero-order chi connectivity index (χ0) is 12.3. The van der Waals surface area contributed by atoms with Gasteiger partial charge in [0, 0.05) is 10.0 Å². The molecule has 0 aliphatic carbocycles. The first-order valence-electron chi connectivity index (χ1n) is 4.60. The van der Waals surface area contributed by atoms with Crippen molar-refractivity contribution in [2.45, 2.75) is 18.7 Å². The van der Waals surface area contributed by atoms with Gasteiger partial charge in [-0.3, -0.25) is 9.59 Å². The average Bonchev–Trinajstić information content (AvgIpc) is 2.15. The summed E-state index contributed by atoms with van der Waals surface area (Å²) in [6.07, 6.45) is -0.0660. The first kappa shape index (κ1) is 13.2. The van der Waals surface area contributed by atoms with Crippen LogP contribution in [0.4, 0.5) is 0 Å². The van der Waals surface area contributed by atoms with Gasteiger partial charge in [0.25, 0.3) is 0 Å². The van der Waals surface area contributed by atoms with E-state index in [0.29, 0.717) is 15.6 Å². The quantitative estimate of drug-likeness (QED) is 0.687. The van der Waals surface area contributed by atoms with E-state index >= 15 is 0 Å². The molecule has 0 fully saturated rings. The first-order valence-corrected chi connectivity index (χ1v) is 5.83. The molecule has 1 aromatic carbocycles. The van der Waals surface area contributed by atoms with Crippen LogP contribution < -0.4 is 0 Å². The number of hydrogen-bond acceptors (Lipinski definition) is 2. The van der Waals surface area contributed by atoms with Crippen LogP contribution in [0.25, 0.3) is 0 Å². The van der Waals surface area contributed by atoms with Crippen LogP contribution in [-0.2, 0) is 11.2 Å². The van der Waals surface area contributed by atoms with Crippen molar-refractivity contribution in [3.05, 3.63) is 33.8 Å². The van der Waals surface area contributed by atoms with Crippen LogP contribution in [0.15, 0.2) is 22.7 Å². The molecule has 0 saturated carbocycles. The Kier molecular flexibility index (Phi) is 4.50. The number of hydrogen-bond donors (Lipinski definition) is 1. The van der Waals surface area contributed by atoms with E-state index in [9.17, 15) is 9.59 Å². The molecule has 1 N–H and O–H groups in total. The van der Waals surface area contributed by atoms with Crippen molar-refractivity contribution >= 4 is 39.3 Å². The van der Waals surface area contributed by atoms with E-state index in [1.807, 2.05) is 0 Å². The lowest BCUT2D eigenvalue weighted by Gasteiger charge is -2.06. The summed E-state index contributed by atoms with van der Waals surface area (Å²) in [6, 6.07) is 4.83. The summed E-state index contributed by atoms with van der Waals surface area (Å²) in [5.74, 6) is -1.09. The summed E-state index contributed by atoms with van der Waals surface area (Å²) in [4.78, 5) is 22.1. The number of carbonyl (C=O) groups is 2. The van der Waals surface area contributed by atoms with Crippen molar-refractivity contribution in [3.8, 4) is 0 Å². The van der Waals surface area contributed by atoms with Gasteiger partial charge >= 0.3 is 5.97 Å². The molecule has 0 amide bonds. The van der Waals surface area contributed by atoms with Gasteiger partial charge in [-0.2, -0.15) is 0 Å². The first-order chi connectivity index (χ1) is 7.41. The summed E-state index contributed by atoms with van der Waals surface area (Å²) in [7, 11) is 0. The van der Waals surface area contributed by atoms with Crippen molar-refractivity contribution in [2.75, 3.05) is 0 Å². The maximum atomic E-state index is 11.6. The number of Topliss-reactive ketones (excluding diaryl/α,β-unsaturated/α-hetero) is 1. The molecule has 16 heavy (non-hydrogen) atoms. The van der Waals surface area contributed by atoms with Crippen LogP contribution in [0.1, 0.15) is 22.8 Å². The molecule has 1 aromatic rings. The zero-order valence-electron chi connectivity index (χ0n) is 8.54. The van der Waals surface area contributed by atoms with Crippen molar-refractivity contribution in [3.63, 3.8) is 0 Å². The Hall–Kier alpha value is -0.870. The predicted octanol–water partition coefficient (Wildman–Crippen LogP) is 2.89. The third-order valence-corrected chi connectivity index (χ3v) is 2.87. The van der Waals surface area contributed by atoms with E-state index in [4.69, 9.17) is 16.7 Å². The molecule has 0 spiro atoms. The minimum atomic E-state index is -0.906. The highest BCUT2D eigenvalue weighted by Gasteiger charge is 2.15. The van der Waals surface area contributed by atoms with Crippen LogP contribution in [0.3, 0.4) is 0 Å². The van der Waals surface area contributed by atoms with E-state index in [2.05, 4.69) is 15.9 Å². The predicted molar refractivity (Wildman–Crippen MR) is 65.1 cm³/mol. The Morgan fingerprint density at radius 2 is 2.12 bits per heavy atom. The van der Waals surface area contributed by atoms with E-state index in [-0.39, 0.29) is 12.2 Å². The Balaban J connectivity index is 3.00. The van der Waals surface area contributed by atoms with Crippen LogP contribution in [0.5, 0.6) is 0 Å². The maximum absolute atomic E-state index is 11.6. The number of aliphatic carboxylic acids is 1. The fraction of sp³-hybridized carbons (Fsp3) is 0.273. The van der Waals surface area contributed by atoms with Crippen LogP contribution >= 0.6 is 27.5 Å². The van der Waals surface area contributed by atoms with Gasteiger partial charge in [0.1, 0.15) is 0 Å². The molecule has 0 heterocycles. The molecule has 1 atom stereocenters. The Labute approximate surface area is 107 Å². The van der Waals surface area contributed by atoms with Gasteiger partial charge in [-0.15, -0.1) is 11.6 Å². The summed E-state index contributed by atoms with van der Waals surface area (Å²) in [5, 5.41) is 8.03. The highest BCUT2D eigenvalue weighted by atomic mass is 79.9. The van der Waals surface area contributed by atoms with Crippen molar-refractivity contribution in [1.29, 1.82) is 0 Å². The number of carboxylic acid groups (broad SMARTS) is 1. The van der Waals surface area contributed by atoms with Gasteiger partial charge in [0.15, 0.2) is 5.78 Å². The summed E-state index contributed by atoms with van der Waals surface area (Å²) in [5.41, 5.74) is 1.11. The number of rotatable bonds is 4. The minimum absolute atomic E-state index is 0.0660. The normalized spacial score (nSPS) is 12.2. The van der Waals surface area contributed by atoms with Crippen molar-refractivity contribution in [2.24, 2.45) is 0 Å². The van der Waals surface area contributed by atoms with Gasteiger partial charge in [0.2, 0.25) is 0 Å². The van der Waals surface area contributed by atoms with Crippen LogP contribution in [0, 0.1) is 0 Å². The lowest BCUT2D eigenvalue weighted by molar-refractivity contribution is -0.136. The van der Waals surface area contributed by atoms with E-state index in [0.717, 1.165) is 0 Å². The topological polar surface area (TPSA) is 54.4 Å². The molecule has 0 radical (unpaired) electrons. The monoisotopic (exact) mass is 304 g/mol. The van der Waals surface area contributed by atoms with Gasteiger partial charge in [0.05, 0.1) is 11.8 Å². The Morgan fingerprint density at radius 1 is 1.50 bits per heavy atom. The second-order valence-corrected chi connectivity index (χ2v) is 4.87. The number of carboxylic acids is 1. The smallest absolute Gasteiger partial charge is 0.307 e. The Morgan fingerprint density at radius 3 is 2.56 bits per heavy atom. The SMILES string of the molecule is CC(Cl)C(=O)c1ccc(CC(=O)O)cc1Br. The standard InChI is InChI=1S/C11H10BrClO3/c1-6(13)11(16)8-3-2-7(4-9(8)12)5-10(14)15/h2-4,6H,5H2,1H3,(H,14,15). The lowest BCUT2D eigenvalue weighted by atomic mass is 10.0. The molecule has 3 nitrogen and oxygen atoms in total. The van der Waals surface area contributed by atoms with Crippen molar-refractivity contribution in [1.82, 2.24) is 0 Å². The fourth-order valence-corrected chi connectivity index (χ4v) is 2.00. The van der Waals surface area contributed by atoms with Crippen LogP contribution in [-0.4, -0.2) is 22.2 Å². The van der Waals surface area contributed by atoms with Gasteiger partial charge in [-0.1, -0.05) is 22.0 Å². The summed E-state index contributed by atoms with van der Waals surface area (Å²) in [6.45, 7) is 1.60. The second kappa shape index (κ2) is 5.46. The molecule has 0 aliphatic rings. The lowest BCUT2D eigenvalue weighted by Crippen LogP contribution is -2.11. The van der Waals surface area contributed by atoms with E-state index in [1.165, 1.54) is 0 Å². The molecule has 5 heteroatoms. The van der Waals surface area contributed by atoms with Gasteiger partial charge in [-0.05, 0) is 24.6 Å². The summed E-state index contributed by atoms with van der Waals surface area (Å²) >= 11 is 8.93. The molecular weight excluding hydrogens is 295 g/mol. The molecule has 0 bridgehead atoms. The molecule has 1 unspecified atom stereocenters. The number of ketones is 1. The molecule has 1 rings (SSSR count). The third kappa shape index (κ3) is 3.32. The highest BCUT2D eigenvalue weighted by Crippen LogP contribution is 2.21. The average molecular weight is 306 g/mol. The summed E-state index contributed by atoms with van der Waals surface area (Å²) < 4.78 is 0.573. The maximum Gasteiger partial charge on any atom is 0.307 e. The minimum Gasteiger partial charge on any atom is -0.481 e. The van der Waals surface area contributed by atoms with Crippen molar-refractivity contribution < 1.29 is 14.7 Å². The van der Waals surface area contributed by atoms with Crippen LogP contribution in [0.2, 0.25) is 0 Å². The number of carbonyl (C=O) groups excluding carboxylic acids is 1. The van der Waals surface area contributed by atoms with E-state index < -0.39 is 11.3 Å². The molecule has 0 aliphatic heterocycles. The van der Waals surface area contributed by atoms with E-state index in [1.54, 1.807) is 25.1 Å². The number of alkyl halides is 1. The van der Waals surface area contributed by atoms with Gasteiger partial charge in [-0.25, -0.2) is 0 Å². The second-order valence-electron chi connectivity index (χ2n) is 3.36. The highest BCUT2D eigenvalue weighted by molar-refractivity contribution is 9.10.